The normalized spacial score (nSPS) is 21.0. The maximum absolute atomic E-state index is 5.24. The molecule has 4 heterocycles. The van der Waals surface area contributed by atoms with Crippen molar-refractivity contribution < 1.29 is 0 Å². The van der Waals surface area contributed by atoms with E-state index in [-0.39, 0.29) is 0 Å². The summed E-state index contributed by atoms with van der Waals surface area (Å²) < 4.78 is 0. The van der Waals surface area contributed by atoms with E-state index in [9.17, 15) is 0 Å². The zero-order chi connectivity index (χ0) is 25.4. The monoisotopic (exact) mass is 496 g/mol. The second kappa shape index (κ2) is 10.4. The number of hydrogen-bond donors (Lipinski definition) is 0. The number of benzene rings is 2. The third-order valence-corrected chi connectivity index (χ3v) is 8.92. The molecule has 2 fully saturated rings. The molecule has 0 amide bonds. The molecule has 0 aliphatic carbocycles. The quantitative estimate of drug-likeness (QED) is 0.439. The third-order valence-electron chi connectivity index (χ3n) is 8.92. The Morgan fingerprint density at radius 1 is 0.973 bits per heavy atom. The summed E-state index contributed by atoms with van der Waals surface area (Å²) in [6.07, 6.45) is 7.81. The number of anilines is 2. The number of rotatable bonds is 6. The van der Waals surface area contributed by atoms with Crippen LogP contribution in [0, 0.1) is 6.92 Å². The molecule has 6 heteroatoms. The van der Waals surface area contributed by atoms with Gasteiger partial charge in [-0.2, -0.15) is 0 Å². The number of aromatic nitrogens is 2. The van der Waals surface area contributed by atoms with Gasteiger partial charge in [-0.1, -0.05) is 30.3 Å². The summed E-state index contributed by atoms with van der Waals surface area (Å²) in [4.78, 5) is 22.3. The summed E-state index contributed by atoms with van der Waals surface area (Å²) in [5, 5.41) is 2.68. The highest BCUT2D eigenvalue weighted by Crippen LogP contribution is 2.35. The first kappa shape index (κ1) is 24.4. The lowest BCUT2D eigenvalue weighted by Gasteiger charge is -2.36. The van der Waals surface area contributed by atoms with Crippen molar-refractivity contribution in [2.75, 3.05) is 43.0 Å². The Labute approximate surface area is 221 Å². The molecule has 2 aromatic carbocycles. The van der Waals surface area contributed by atoms with Gasteiger partial charge in [0.2, 0.25) is 0 Å². The van der Waals surface area contributed by atoms with Gasteiger partial charge in [0, 0.05) is 48.7 Å². The molecule has 0 spiro atoms. The summed E-state index contributed by atoms with van der Waals surface area (Å²) in [5.41, 5.74) is 5.25. The Kier molecular flexibility index (Phi) is 6.85. The van der Waals surface area contributed by atoms with Crippen molar-refractivity contribution in [2.45, 2.75) is 70.5 Å². The van der Waals surface area contributed by atoms with E-state index in [0.29, 0.717) is 12.1 Å². The van der Waals surface area contributed by atoms with Crippen molar-refractivity contribution in [2.24, 2.45) is 4.99 Å². The average Bonchev–Trinajstić information content (AvgIpc) is 3.35. The molecule has 3 aromatic rings. The molecule has 0 saturated carbocycles. The predicted molar refractivity (Wildman–Crippen MR) is 154 cm³/mol. The van der Waals surface area contributed by atoms with E-state index in [1.165, 1.54) is 58.5 Å². The highest BCUT2D eigenvalue weighted by Gasteiger charge is 2.29. The van der Waals surface area contributed by atoms with E-state index in [1.807, 2.05) is 0 Å². The van der Waals surface area contributed by atoms with Gasteiger partial charge in [0.25, 0.3) is 0 Å². The van der Waals surface area contributed by atoms with Gasteiger partial charge in [-0.15, -0.1) is 0 Å². The van der Waals surface area contributed by atoms with Gasteiger partial charge in [-0.3, -0.25) is 4.99 Å². The summed E-state index contributed by atoms with van der Waals surface area (Å²) >= 11 is 0. The zero-order valence-electron chi connectivity index (χ0n) is 22.5. The summed E-state index contributed by atoms with van der Waals surface area (Å²) in [6, 6.07) is 14.4. The number of nitrogens with zero attached hydrogens (tertiary/aromatic N) is 6. The summed E-state index contributed by atoms with van der Waals surface area (Å²) in [5.74, 6) is 2.21. The smallest absolute Gasteiger partial charge is 0.135 e. The summed E-state index contributed by atoms with van der Waals surface area (Å²) in [7, 11) is 2.26. The van der Waals surface area contributed by atoms with Crippen molar-refractivity contribution in [3.8, 4) is 0 Å². The second-order valence-corrected chi connectivity index (χ2v) is 11.2. The van der Waals surface area contributed by atoms with Crippen molar-refractivity contribution in [1.29, 1.82) is 0 Å². The Morgan fingerprint density at radius 3 is 2.54 bits per heavy atom. The van der Waals surface area contributed by atoms with Crippen molar-refractivity contribution >= 4 is 29.0 Å². The molecule has 6 nitrogen and oxygen atoms in total. The lowest BCUT2D eigenvalue weighted by atomic mass is 9.98. The molecule has 194 valence electrons. The Hall–Kier alpha value is -2.99. The van der Waals surface area contributed by atoms with E-state index >= 15 is 0 Å². The SMILES string of the molecule is C=NC1CCN(c2nc(CC[C@@H]3CCCN3C)nc3c2CCN(c2cccc4cccc(C)c24)C3)CC1. The molecule has 3 aliphatic heterocycles. The lowest BCUT2D eigenvalue weighted by Crippen LogP contribution is -2.39. The highest BCUT2D eigenvalue weighted by atomic mass is 15.2. The lowest BCUT2D eigenvalue weighted by molar-refractivity contribution is 0.295. The molecule has 37 heavy (non-hydrogen) atoms. The van der Waals surface area contributed by atoms with Crippen LogP contribution >= 0.6 is 0 Å². The largest absolute Gasteiger partial charge is 0.365 e. The first-order chi connectivity index (χ1) is 18.1. The zero-order valence-corrected chi connectivity index (χ0v) is 22.5. The minimum Gasteiger partial charge on any atom is -0.365 e. The molecule has 3 aliphatic rings. The second-order valence-electron chi connectivity index (χ2n) is 11.2. The molecule has 0 bridgehead atoms. The number of aryl methyl sites for hydroxylation is 2. The van der Waals surface area contributed by atoms with Gasteiger partial charge in [-0.05, 0) is 82.8 Å². The van der Waals surface area contributed by atoms with Gasteiger partial charge in [0.15, 0.2) is 0 Å². The number of fused-ring (bicyclic) bond motifs is 2. The van der Waals surface area contributed by atoms with Crippen LogP contribution in [0.4, 0.5) is 11.5 Å². The first-order valence-electron chi connectivity index (χ1n) is 14.1. The third kappa shape index (κ3) is 4.84. The topological polar surface area (TPSA) is 47.9 Å². The van der Waals surface area contributed by atoms with Gasteiger partial charge in [-0.25, -0.2) is 9.97 Å². The maximum Gasteiger partial charge on any atom is 0.135 e. The highest BCUT2D eigenvalue weighted by molar-refractivity contribution is 5.97. The molecule has 6 rings (SSSR count). The van der Waals surface area contributed by atoms with E-state index in [0.717, 1.165) is 64.1 Å². The van der Waals surface area contributed by atoms with Crippen molar-refractivity contribution in [3.05, 3.63) is 59.0 Å². The Morgan fingerprint density at radius 2 is 1.78 bits per heavy atom. The van der Waals surface area contributed by atoms with Gasteiger partial charge in [0.1, 0.15) is 11.6 Å². The van der Waals surface area contributed by atoms with Crippen LogP contribution < -0.4 is 9.80 Å². The fourth-order valence-electron chi connectivity index (χ4n) is 6.71. The van der Waals surface area contributed by atoms with E-state index < -0.39 is 0 Å². The number of hydrogen-bond acceptors (Lipinski definition) is 6. The molecule has 0 unspecified atom stereocenters. The van der Waals surface area contributed by atoms with Crippen LogP contribution in [0.15, 0.2) is 41.4 Å². The fraction of sp³-hybridized carbons (Fsp3) is 0.516. The molecule has 2 saturated heterocycles. The number of likely N-dealkylation sites (tertiary alicyclic amines) is 1. The molecule has 0 N–H and O–H groups in total. The maximum atomic E-state index is 5.24. The summed E-state index contributed by atoms with van der Waals surface area (Å²) in [6.45, 7) is 11.1. The van der Waals surface area contributed by atoms with E-state index in [1.54, 1.807) is 0 Å². The molecule has 1 atom stereocenters. The predicted octanol–water partition coefficient (Wildman–Crippen LogP) is 5.20. The fourth-order valence-corrected chi connectivity index (χ4v) is 6.71. The standard InChI is InChI=1S/C31H40N6/c1-22-7-4-8-23-9-5-11-28(30(22)23)37-20-16-26-27(21-37)33-29(13-12-25-10-6-17-35(25)3)34-31(26)36-18-14-24(32-2)15-19-36/h4-5,7-9,11,24-25H,2,6,10,12-21H2,1,3H3/t25-/m0/s1. The van der Waals surface area contributed by atoms with Crippen LogP contribution in [0.1, 0.15) is 54.7 Å². The van der Waals surface area contributed by atoms with E-state index in [2.05, 4.69) is 76.8 Å². The molecular formula is C31H40N6. The minimum atomic E-state index is 0.386. The van der Waals surface area contributed by atoms with Crippen molar-refractivity contribution in [3.63, 3.8) is 0 Å². The Bertz CT molecular complexity index is 1270. The number of aliphatic imine (C=N–C) groups is 1. The Balaban J connectivity index is 1.32. The van der Waals surface area contributed by atoms with Gasteiger partial charge in [0.05, 0.1) is 18.3 Å². The van der Waals surface area contributed by atoms with Crippen molar-refractivity contribution in [1.82, 2.24) is 14.9 Å². The van der Waals surface area contributed by atoms with Crippen LogP contribution in [0.5, 0.6) is 0 Å². The van der Waals surface area contributed by atoms with Gasteiger partial charge >= 0.3 is 0 Å². The average molecular weight is 497 g/mol. The molecular weight excluding hydrogens is 456 g/mol. The van der Waals surface area contributed by atoms with Crippen LogP contribution in [0.3, 0.4) is 0 Å². The first-order valence-corrected chi connectivity index (χ1v) is 14.1. The van der Waals surface area contributed by atoms with Crippen LogP contribution in [-0.4, -0.2) is 66.9 Å². The minimum absolute atomic E-state index is 0.386. The molecule has 0 radical (unpaired) electrons. The van der Waals surface area contributed by atoms with Crippen LogP contribution in [0.25, 0.3) is 10.8 Å². The number of piperidine rings is 1. The van der Waals surface area contributed by atoms with Gasteiger partial charge < -0.3 is 14.7 Å². The molecule has 1 aromatic heterocycles. The van der Waals surface area contributed by atoms with Crippen LogP contribution in [0.2, 0.25) is 0 Å². The van der Waals surface area contributed by atoms with E-state index in [4.69, 9.17) is 9.97 Å². The van der Waals surface area contributed by atoms with Crippen LogP contribution in [-0.2, 0) is 19.4 Å².